The fraction of sp³-hybridized carbons (Fsp3) is 0.118. The highest BCUT2D eigenvalue weighted by molar-refractivity contribution is 5.78. The van der Waals surface area contributed by atoms with Crippen LogP contribution in [0.3, 0.4) is 0 Å². The van der Waals surface area contributed by atoms with Gasteiger partial charge in [0.05, 0.1) is 0 Å². The van der Waals surface area contributed by atoms with Crippen molar-refractivity contribution in [2.24, 2.45) is 0 Å². The fourth-order valence-corrected chi connectivity index (χ4v) is 2.24. The van der Waals surface area contributed by atoms with Crippen LogP contribution in [-0.2, 0) is 6.54 Å². The Morgan fingerprint density at radius 3 is 2.76 bits per heavy atom. The van der Waals surface area contributed by atoms with Crippen molar-refractivity contribution in [2.75, 3.05) is 5.32 Å². The van der Waals surface area contributed by atoms with Gasteiger partial charge in [-0.05, 0) is 36.1 Å². The average Bonchev–Trinajstić information content (AvgIpc) is 2.48. The highest BCUT2D eigenvalue weighted by Gasteiger charge is 2.03. The van der Waals surface area contributed by atoms with Gasteiger partial charge in [-0.3, -0.25) is 4.79 Å². The monoisotopic (exact) mass is 280 g/mol. The van der Waals surface area contributed by atoms with E-state index in [4.69, 9.17) is 0 Å². The molecule has 0 amide bonds. The van der Waals surface area contributed by atoms with E-state index in [0.29, 0.717) is 12.1 Å². The van der Waals surface area contributed by atoms with Crippen molar-refractivity contribution < 1.29 is 5.11 Å². The van der Waals surface area contributed by atoms with Crippen molar-refractivity contribution in [3.63, 3.8) is 0 Å². The Kier molecular flexibility index (Phi) is 3.36. The number of benzene rings is 2. The summed E-state index contributed by atoms with van der Waals surface area (Å²) in [7, 11) is 0. The predicted octanol–water partition coefficient (Wildman–Crippen LogP) is 3.15. The number of aromatic hydroxyl groups is 1. The van der Waals surface area contributed by atoms with Crippen molar-refractivity contribution in [2.45, 2.75) is 13.5 Å². The Labute approximate surface area is 122 Å². The second-order valence-electron chi connectivity index (χ2n) is 5.07. The van der Waals surface area contributed by atoms with Crippen molar-refractivity contribution in [1.29, 1.82) is 0 Å². The van der Waals surface area contributed by atoms with E-state index in [-0.39, 0.29) is 11.3 Å². The first kappa shape index (κ1) is 13.2. The van der Waals surface area contributed by atoms with Gasteiger partial charge in [-0.15, -0.1) is 0 Å². The number of aromatic nitrogens is 1. The lowest BCUT2D eigenvalue weighted by Crippen LogP contribution is -2.15. The lowest BCUT2D eigenvalue weighted by Gasteiger charge is -2.08. The molecule has 0 bridgehead atoms. The number of nitrogens with one attached hydrogen (secondary N) is 2. The molecule has 0 spiro atoms. The van der Waals surface area contributed by atoms with E-state index in [9.17, 15) is 9.90 Å². The standard InChI is InChI=1S/C17H16N2O2/c1-11-6-7-14(9-16(11)20)18-10-13-8-12-4-2-3-5-15(12)19-17(13)21/h2-9,18,20H,10H2,1H3,(H,19,21). The molecule has 4 nitrogen and oxygen atoms in total. The van der Waals surface area contributed by atoms with Crippen LogP contribution in [0.1, 0.15) is 11.1 Å². The Balaban J connectivity index is 1.86. The Morgan fingerprint density at radius 1 is 1.14 bits per heavy atom. The topological polar surface area (TPSA) is 65.1 Å². The van der Waals surface area contributed by atoms with E-state index in [1.54, 1.807) is 6.07 Å². The number of pyridine rings is 1. The summed E-state index contributed by atoms with van der Waals surface area (Å²) >= 11 is 0. The van der Waals surface area contributed by atoms with Gasteiger partial charge in [0.25, 0.3) is 5.56 Å². The van der Waals surface area contributed by atoms with Crippen molar-refractivity contribution in [1.82, 2.24) is 4.98 Å². The number of hydrogen-bond acceptors (Lipinski definition) is 3. The average molecular weight is 280 g/mol. The summed E-state index contributed by atoms with van der Waals surface area (Å²) in [6, 6.07) is 14.9. The maximum absolute atomic E-state index is 12.0. The number of H-pyrrole nitrogens is 1. The van der Waals surface area contributed by atoms with Crippen LogP contribution in [0.25, 0.3) is 10.9 Å². The van der Waals surface area contributed by atoms with E-state index in [1.165, 1.54) is 0 Å². The van der Waals surface area contributed by atoms with Crippen LogP contribution < -0.4 is 10.9 Å². The molecule has 106 valence electrons. The molecule has 0 aliphatic carbocycles. The second kappa shape index (κ2) is 5.32. The first-order valence-electron chi connectivity index (χ1n) is 6.78. The molecule has 1 aromatic heterocycles. The van der Waals surface area contributed by atoms with Crippen LogP contribution in [0.4, 0.5) is 5.69 Å². The molecule has 0 atom stereocenters. The number of hydrogen-bond donors (Lipinski definition) is 3. The quantitative estimate of drug-likeness (QED) is 0.690. The largest absolute Gasteiger partial charge is 0.508 e. The van der Waals surface area contributed by atoms with Crippen molar-refractivity contribution in [3.05, 3.63) is 70.0 Å². The van der Waals surface area contributed by atoms with E-state index >= 15 is 0 Å². The molecule has 2 aromatic carbocycles. The minimum atomic E-state index is -0.0995. The molecule has 3 N–H and O–H groups in total. The molecule has 0 fully saturated rings. The number of anilines is 1. The SMILES string of the molecule is Cc1ccc(NCc2cc3ccccc3[nH]c2=O)cc1O. The van der Waals surface area contributed by atoms with Gasteiger partial charge >= 0.3 is 0 Å². The van der Waals surface area contributed by atoms with Crippen LogP contribution in [0, 0.1) is 6.92 Å². The van der Waals surface area contributed by atoms with Crippen molar-refractivity contribution in [3.8, 4) is 5.75 Å². The van der Waals surface area contributed by atoms with Gasteiger partial charge in [0.1, 0.15) is 5.75 Å². The summed E-state index contributed by atoms with van der Waals surface area (Å²) in [5, 5.41) is 13.8. The molecular formula is C17H16N2O2. The Bertz CT molecular complexity index is 853. The summed E-state index contributed by atoms with van der Waals surface area (Å²) < 4.78 is 0. The van der Waals surface area contributed by atoms with E-state index in [1.807, 2.05) is 49.4 Å². The Hall–Kier alpha value is -2.75. The molecule has 0 saturated heterocycles. The molecule has 0 radical (unpaired) electrons. The minimum absolute atomic E-state index is 0.0995. The van der Waals surface area contributed by atoms with Crippen LogP contribution in [0.2, 0.25) is 0 Å². The van der Waals surface area contributed by atoms with Gasteiger partial charge < -0.3 is 15.4 Å². The maximum Gasteiger partial charge on any atom is 0.253 e. The van der Waals surface area contributed by atoms with Crippen LogP contribution in [-0.4, -0.2) is 10.1 Å². The summed E-state index contributed by atoms with van der Waals surface area (Å²) in [5.41, 5.74) is 3.00. The third-order valence-electron chi connectivity index (χ3n) is 3.52. The summed E-state index contributed by atoms with van der Waals surface area (Å²) in [6.45, 7) is 2.25. The van der Waals surface area contributed by atoms with Crippen LogP contribution >= 0.6 is 0 Å². The molecule has 0 aliphatic rings. The number of aryl methyl sites for hydroxylation is 1. The highest BCUT2D eigenvalue weighted by atomic mass is 16.3. The summed E-state index contributed by atoms with van der Waals surface area (Å²) in [4.78, 5) is 14.9. The second-order valence-corrected chi connectivity index (χ2v) is 5.07. The van der Waals surface area contributed by atoms with Gasteiger partial charge in [0, 0.05) is 29.4 Å². The molecule has 4 heteroatoms. The van der Waals surface area contributed by atoms with Gasteiger partial charge in [-0.1, -0.05) is 24.3 Å². The maximum atomic E-state index is 12.0. The lowest BCUT2D eigenvalue weighted by atomic mass is 10.1. The number of fused-ring (bicyclic) bond motifs is 1. The normalized spacial score (nSPS) is 10.7. The van der Waals surface area contributed by atoms with E-state index in [2.05, 4.69) is 10.3 Å². The van der Waals surface area contributed by atoms with Crippen LogP contribution in [0.5, 0.6) is 5.75 Å². The number of aromatic amines is 1. The molecule has 0 saturated carbocycles. The zero-order chi connectivity index (χ0) is 14.8. The fourth-order valence-electron chi connectivity index (χ4n) is 2.24. The zero-order valence-corrected chi connectivity index (χ0v) is 11.7. The zero-order valence-electron chi connectivity index (χ0n) is 11.7. The minimum Gasteiger partial charge on any atom is -0.508 e. The third-order valence-corrected chi connectivity index (χ3v) is 3.52. The number of phenols is 1. The summed E-state index contributed by atoms with van der Waals surface area (Å²) in [6.07, 6.45) is 0. The lowest BCUT2D eigenvalue weighted by molar-refractivity contribution is 0.471. The molecule has 21 heavy (non-hydrogen) atoms. The van der Waals surface area contributed by atoms with Crippen LogP contribution in [0.15, 0.2) is 53.3 Å². The van der Waals surface area contributed by atoms with Gasteiger partial charge in [0.15, 0.2) is 0 Å². The molecule has 0 aliphatic heterocycles. The molecule has 3 rings (SSSR count). The number of para-hydroxylation sites is 1. The summed E-state index contributed by atoms with van der Waals surface area (Å²) in [5.74, 6) is 0.243. The first-order chi connectivity index (χ1) is 10.1. The Morgan fingerprint density at radius 2 is 1.95 bits per heavy atom. The van der Waals surface area contributed by atoms with E-state index < -0.39 is 0 Å². The molecule has 0 unspecified atom stereocenters. The molecule has 1 heterocycles. The molecule has 3 aromatic rings. The van der Waals surface area contributed by atoms with Gasteiger partial charge in [0.2, 0.25) is 0 Å². The first-order valence-corrected chi connectivity index (χ1v) is 6.78. The third kappa shape index (κ3) is 2.74. The smallest absolute Gasteiger partial charge is 0.253 e. The van der Waals surface area contributed by atoms with Gasteiger partial charge in [-0.2, -0.15) is 0 Å². The van der Waals surface area contributed by atoms with Crippen molar-refractivity contribution >= 4 is 16.6 Å². The molecular weight excluding hydrogens is 264 g/mol. The van der Waals surface area contributed by atoms with E-state index in [0.717, 1.165) is 22.2 Å². The predicted molar refractivity (Wildman–Crippen MR) is 84.7 cm³/mol. The van der Waals surface area contributed by atoms with Gasteiger partial charge in [-0.25, -0.2) is 0 Å². The number of phenolic OH excluding ortho intramolecular Hbond substituents is 1. The number of rotatable bonds is 3. The highest BCUT2D eigenvalue weighted by Crippen LogP contribution is 2.21.